The van der Waals surface area contributed by atoms with Gasteiger partial charge in [-0.25, -0.2) is 0 Å². The lowest BCUT2D eigenvalue weighted by molar-refractivity contribution is 0.306. The molecule has 0 heterocycles. The molecule has 1 nitrogen and oxygen atoms in total. The maximum atomic E-state index is 5.90. The van der Waals surface area contributed by atoms with Crippen molar-refractivity contribution in [3.8, 4) is 5.75 Å². The largest absolute Gasteiger partial charge is 0.489 e. The first-order valence-electron chi connectivity index (χ1n) is 5.52. The van der Waals surface area contributed by atoms with Gasteiger partial charge in [0.15, 0.2) is 0 Å². The highest BCUT2D eigenvalue weighted by atomic mass is 35.5. The normalized spacial score (nSPS) is 11.3. The van der Waals surface area contributed by atoms with Crippen LogP contribution in [0.15, 0.2) is 60.1 Å². The Morgan fingerprint density at radius 3 is 2.28 bits per heavy atom. The molecule has 0 bridgehead atoms. The molecule has 0 aliphatic heterocycles. The van der Waals surface area contributed by atoms with Crippen molar-refractivity contribution in [3.63, 3.8) is 0 Å². The molecular formula is C15H12Cl2O. The molecule has 0 fully saturated rings. The first-order chi connectivity index (χ1) is 8.79. The topological polar surface area (TPSA) is 9.23 Å². The Morgan fingerprint density at radius 2 is 1.67 bits per heavy atom. The van der Waals surface area contributed by atoms with Crippen LogP contribution in [-0.2, 0) is 6.61 Å². The zero-order valence-electron chi connectivity index (χ0n) is 9.64. The van der Waals surface area contributed by atoms with Crippen molar-refractivity contribution in [1.82, 2.24) is 0 Å². The quantitative estimate of drug-likeness (QED) is 0.761. The Balaban J connectivity index is 1.99. The average Bonchev–Trinajstić information content (AvgIpc) is 2.46. The van der Waals surface area contributed by atoms with Gasteiger partial charge >= 0.3 is 0 Å². The number of halogens is 2. The van der Waals surface area contributed by atoms with E-state index in [4.69, 9.17) is 27.9 Å². The molecule has 0 atom stereocenters. The zero-order chi connectivity index (χ0) is 12.8. The summed E-state index contributed by atoms with van der Waals surface area (Å²) in [4.78, 5) is 0. The van der Waals surface area contributed by atoms with E-state index in [0.717, 1.165) is 16.9 Å². The van der Waals surface area contributed by atoms with Crippen LogP contribution in [0.5, 0.6) is 5.75 Å². The monoisotopic (exact) mass is 278 g/mol. The van der Waals surface area contributed by atoms with E-state index in [1.807, 2.05) is 54.6 Å². The van der Waals surface area contributed by atoms with Gasteiger partial charge in [-0.1, -0.05) is 53.5 Å². The van der Waals surface area contributed by atoms with E-state index in [9.17, 15) is 0 Å². The molecule has 2 aromatic rings. The van der Waals surface area contributed by atoms with Crippen molar-refractivity contribution in [2.24, 2.45) is 0 Å². The summed E-state index contributed by atoms with van der Waals surface area (Å²) in [5.74, 6) is 0.807. The summed E-state index contributed by atoms with van der Waals surface area (Å²) < 4.78 is 5.66. The number of rotatable bonds is 4. The fraction of sp³-hybridized carbons (Fsp3) is 0.0667. The van der Waals surface area contributed by atoms with Crippen molar-refractivity contribution in [2.45, 2.75) is 6.61 Å². The predicted octanol–water partition coefficient (Wildman–Crippen LogP) is 5.04. The van der Waals surface area contributed by atoms with Crippen molar-refractivity contribution in [1.29, 1.82) is 0 Å². The van der Waals surface area contributed by atoms with Gasteiger partial charge in [0.25, 0.3) is 0 Å². The Morgan fingerprint density at radius 1 is 1.00 bits per heavy atom. The van der Waals surface area contributed by atoms with Crippen molar-refractivity contribution >= 4 is 28.2 Å². The van der Waals surface area contributed by atoms with Gasteiger partial charge in [0.05, 0.1) is 5.03 Å². The third-order valence-electron chi connectivity index (χ3n) is 2.47. The molecule has 92 valence electrons. The molecule has 2 rings (SSSR count). The van der Waals surface area contributed by atoms with E-state index in [-0.39, 0.29) is 0 Å². The minimum atomic E-state index is 0.520. The predicted molar refractivity (Wildman–Crippen MR) is 76.9 cm³/mol. The molecule has 0 N–H and O–H groups in total. The number of ether oxygens (including phenoxy) is 1. The maximum Gasteiger partial charge on any atom is 0.119 e. The summed E-state index contributed by atoms with van der Waals surface area (Å²) in [7, 11) is 0. The summed E-state index contributed by atoms with van der Waals surface area (Å²) in [6.45, 7) is 0.555. The molecule has 2 aromatic carbocycles. The van der Waals surface area contributed by atoms with Crippen LogP contribution in [0.2, 0.25) is 0 Å². The fourth-order valence-corrected chi connectivity index (χ4v) is 1.77. The molecule has 0 aliphatic carbocycles. The molecule has 0 aromatic heterocycles. The molecule has 0 saturated heterocycles. The number of hydrogen-bond donors (Lipinski definition) is 0. The van der Waals surface area contributed by atoms with Gasteiger partial charge in [-0.2, -0.15) is 0 Å². The highest BCUT2D eigenvalue weighted by Gasteiger charge is 1.99. The van der Waals surface area contributed by atoms with Crippen LogP contribution in [0, 0.1) is 0 Å². The van der Waals surface area contributed by atoms with Gasteiger partial charge in [0.2, 0.25) is 0 Å². The number of benzene rings is 2. The Labute approximate surface area is 117 Å². The minimum Gasteiger partial charge on any atom is -0.489 e. The van der Waals surface area contributed by atoms with Gasteiger partial charge in [0.1, 0.15) is 12.4 Å². The summed E-state index contributed by atoms with van der Waals surface area (Å²) in [6.07, 6.45) is 0. The first-order valence-corrected chi connectivity index (χ1v) is 6.34. The van der Waals surface area contributed by atoms with E-state index in [2.05, 4.69) is 0 Å². The second-order valence-electron chi connectivity index (χ2n) is 3.76. The third-order valence-corrected chi connectivity index (χ3v) is 3.13. The van der Waals surface area contributed by atoms with Crippen LogP contribution in [0.4, 0.5) is 0 Å². The lowest BCUT2D eigenvalue weighted by Crippen LogP contribution is -1.94. The molecule has 0 amide bonds. The summed E-state index contributed by atoms with van der Waals surface area (Å²) in [5.41, 5.74) is 3.36. The number of hydrogen-bond acceptors (Lipinski definition) is 1. The average molecular weight is 279 g/mol. The Hall–Kier alpha value is -1.44. The minimum absolute atomic E-state index is 0.520. The van der Waals surface area contributed by atoms with E-state index in [0.29, 0.717) is 11.6 Å². The van der Waals surface area contributed by atoms with Crippen LogP contribution in [0.25, 0.3) is 5.03 Å². The fourth-order valence-electron chi connectivity index (χ4n) is 1.51. The Kier molecular flexibility index (Phi) is 4.68. The highest BCUT2D eigenvalue weighted by molar-refractivity contribution is 6.52. The molecule has 0 aliphatic rings. The molecule has 0 radical (unpaired) electrons. The van der Waals surface area contributed by atoms with Crippen LogP contribution >= 0.6 is 23.2 Å². The lowest BCUT2D eigenvalue weighted by Gasteiger charge is -2.07. The SMILES string of the molecule is ClC=C(Cl)c1ccc(OCc2ccccc2)cc1. The van der Waals surface area contributed by atoms with Crippen molar-refractivity contribution in [2.75, 3.05) is 0 Å². The maximum absolute atomic E-state index is 5.90. The van der Waals surface area contributed by atoms with Gasteiger partial charge in [-0.3, -0.25) is 0 Å². The zero-order valence-corrected chi connectivity index (χ0v) is 11.2. The van der Waals surface area contributed by atoms with Gasteiger partial charge < -0.3 is 4.74 Å². The molecular weight excluding hydrogens is 267 g/mol. The van der Waals surface area contributed by atoms with Crippen LogP contribution < -0.4 is 4.74 Å². The van der Waals surface area contributed by atoms with E-state index in [1.54, 1.807) is 0 Å². The van der Waals surface area contributed by atoms with Crippen LogP contribution in [-0.4, -0.2) is 0 Å². The summed E-state index contributed by atoms with van der Waals surface area (Å²) >= 11 is 11.4. The second-order valence-corrected chi connectivity index (χ2v) is 4.38. The highest BCUT2D eigenvalue weighted by Crippen LogP contribution is 2.22. The van der Waals surface area contributed by atoms with Crippen LogP contribution in [0.3, 0.4) is 0 Å². The van der Waals surface area contributed by atoms with Gasteiger partial charge in [0, 0.05) is 5.54 Å². The standard InChI is InChI=1S/C15H12Cl2O/c16-10-15(17)13-6-8-14(9-7-13)18-11-12-4-2-1-3-5-12/h1-10H,11H2. The van der Waals surface area contributed by atoms with E-state index in [1.165, 1.54) is 5.54 Å². The summed E-state index contributed by atoms with van der Waals surface area (Å²) in [5, 5.41) is 0.520. The molecule has 0 spiro atoms. The van der Waals surface area contributed by atoms with Gasteiger partial charge in [-0.05, 0) is 35.4 Å². The third kappa shape index (κ3) is 3.52. The van der Waals surface area contributed by atoms with Crippen molar-refractivity contribution in [3.05, 3.63) is 71.3 Å². The lowest BCUT2D eigenvalue weighted by atomic mass is 10.2. The summed E-state index contributed by atoms with van der Waals surface area (Å²) in [6, 6.07) is 17.5. The smallest absolute Gasteiger partial charge is 0.119 e. The second kappa shape index (κ2) is 6.48. The molecule has 0 unspecified atom stereocenters. The molecule has 3 heteroatoms. The Bertz CT molecular complexity index is 518. The molecule has 18 heavy (non-hydrogen) atoms. The van der Waals surface area contributed by atoms with Gasteiger partial charge in [-0.15, -0.1) is 0 Å². The molecule has 0 saturated carbocycles. The first kappa shape index (κ1) is 13.0. The van der Waals surface area contributed by atoms with E-state index < -0.39 is 0 Å². The van der Waals surface area contributed by atoms with E-state index >= 15 is 0 Å². The van der Waals surface area contributed by atoms with Crippen molar-refractivity contribution < 1.29 is 4.74 Å². The van der Waals surface area contributed by atoms with Crippen LogP contribution in [0.1, 0.15) is 11.1 Å².